The third kappa shape index (κ3) is 4.31. The van der Waals surface area contributed by atoms with Crippen LogP contribution in [-0.2, 0) is 23.9 Å². The van der Waals surface area contributed by atoms with Crippen molar-refractivity contribution in [3.05, 3.63) is 11.6 Å². The van der Waals surface area contributed by atoms with Crippen molar-refractivity contribution in [2.75, 3.05) is 0 Å². The highest BCUT2D eigenvalue weighted by atomic mass is 16.5. The molecule has 0 bridgehead atoms. The normalized spacial score (nSPS) is 46.6. The molecule has 0 aliphatic heterocycles. The van der Waals surface area contributed by atoms with Crippen LogP contribution in [0.15, 0.2) is 11.6 Å². The maximum atomic E-state index is 14.5. The number of carboxylic acids is 1. The summed E-state index contributed by atoms with van der Waals surface area (Å²) in [5.41, 5.74) is 0.326. The van der Waals surface area contributed by atoms with Gasteiger partial charge < -0.3 is 9.84 Å². The molecule has 41 heavy (non-hydrogen) atoms. The van der Waals surface area contributed by atoms with Crippen molar-refractivity contribution in [3.8, 4) is 0 Å². The molecule has 0 amide bonds. The van der Waals surface area contributed by atoms with Crippen LogP contribution < -0.4 is 0 Å². The Morgan fingerprint density at radius 3 is 2.20 bits per heavy atom. The minimum Gasteiger partial charge on any atom is -0.481 e. The molecule has 5 rings (SSSR count). The fourth-order valence-corrected chi connectivity index (χ4v) is 11.1. The van der Waals surface area contributed by atoms with Crippen LogP contribution in [0.5, 0.6) is 0 Å². The van der Waals surface area contributed by atoms with Crippen molar-refractivity contribution in [1.82, 2.24) is 0 Å². The number of hydrogen-bond acceptors (Lipinski definition) is 5. The largest absolute Gasteiger partial charge is 0.481 e. The molecule has 4 saturated carbocycles. The monoisotopic (exact) mass is 568 g/mol. The number of fused-ring (bicyclic) bond motifs is 7. The molecule has 228 valence electrons. The van der Waals surface area contributed by atoms with Crippen LogP contribution in [0.1, 0.15) is 126 Å². The van der Waals surface area contributed by atoms with E-state index in [1.54, 1.807) is 6.92 Å². The van der Waals surface area contributed by atoms with Gasteiger partial charge in [0.25, 0.3) is 0 Å². The molecule has 0 saturated heterocycles. The fraction of sp³-hybridized carbons (Fsp3) is 0.829. The van der Waals surface area contributed by atoms with Gasteiger partial charge in [0.05, 0.1) is 12.8 Å². The van der Waals surface area contributed by atoms with Crippen LogP contribution in [0.25, 0.3) is 0 Å². The average Bonchev–Trinajstić information content (AvgIpc) is 2.86. The zero-order valence-electron chi connectivity index (χ0n) is 26.7. The summed E-state index contributed by atoms with van der Waals surface area (Å²) in [7, 11) is 0. The van der Waals surface area contributed by atoms with Gasteiger partial charge in [0, 0.05) is 16.7 Å². The lowest BCUT2D eigenvalue weighted by molar-refractivity contribution is -0.211. The van der Waals surface area contributed by atoms with Crippen molar-refractivity contribution >= 4 is 23.5 Å². The molecule has 5 aliphatic rings. The number of ether oxygens (including phenoxy) is 1. The molecule has 5 aliphatic carbocycles. The van der Waals surface area contributed by atoms with Gasteiger partial charge in [-0.15, -0.1) is 0 Å². The number of carbonyl (C=O) groups excluding carboxylic acids is 3. The molecule has 9 atom stereocenters. The second-order valence-corrected chi connectivity index (χ2v) is 16.5. The van der Waals surface area contributed by atoms with E-state index < -0.39 is 11.9 Å². The molecule has 6 nitrogen and oxygen atoms in total. The van der Waals surface area contributed by atoms with Crippen molar-refractivity contribution in [2.45, 2.75) is 132 Å². The first-order chi connectivity index (χ1) is 18.8. The van der Waals surface area contributed by atoms with E-state index in [2.05, 4.69) is 54.5 Å². The van der Waals surface area contributed by atoms with Crippen LogP contribution in [0, 0.1) is 50.2 Å². The lowest BCUT2D eigenvalue weighted by Gasteiger charge is -2.70. The number of hydrogen-bond donors (Lipinski definition) is 1. The first-order valence-corrected chi connectivity index (χ1v) is 16.0. The smallest absolute Gasteiger partial charge is 0.306 e. The molecule has 0 aromatic rings. The lowest BCUT2D eigenvalue weighted by atomic mass is 9.33. The molecule has 0 radical (unpaired) electrons. The summed E-state index contributed by atoms with van der Waals surface area (Å²) in [6.45, 7) is 17.8. The molecule has 0 heterocycles. The second-order valence-electron chi connectivity index (χ2n) is 16.5. The second kappa shape index (κ2) is 9.51. The number of rotatable bonds is 5. The molecular formula is C35H52O6. The van der Waals surface area contributed by atoms with E-state index >= 15 is 0 Å². The summed E-state index contributed by atoms with van der Waals surface area (Å²) < 4.78 is 5.93. The zero-order valence-corrected chi connectivity index (χ0v) is 26.7. The SMILES string of the molecule is CC(=O)C1(C)CC[C@]2(C)CC[C@]3(C)C(=CC(=O)[C@@H]4[C@@]5(C)CC[C@H](OC(=O)CCC(=O)O)C(C)(C)C5CC[C@]43C)[C@@H]2C1. The molecule has 0 spiro atoms. The maximum Gasteiger partial charge on any atom is 0.306 e. The van der Waals surface area contributed by atoms with Crippen molar-refractivity contribution in [2.24, 2.45) is 50.2 Å². The number of aliphatic carboxylic acids is 1. The molecule has 1 N–H and O–H groups in total. The number of allylic oxidation sites excluding steroid dienone is 2. The lowest BCUT2D eigenvalue weighted by Crippen LogP contribution is -2.66. The summed E-state index contributed by atoms with van der Waals surface area (Å²) in [4.78, 5) is 50.8. The van der Waals surface area contributed by atoms with Gasteiger partial charge in [-0.2, -0.15) is 0 Å². The highest BCUT2D eigenvalue weighted by molar-refractivity contribution is 5.95. The number of ketones is 2. The Balaban J connectivity index is 1.49. The predicted octanol–water partition coefficient (Wildman–Crippen LogP) is 7.33. The van der Waals surface area contributed by atoms with Gasteiger partial charge in [-0.25, -0.2) is 0 Å². The van der Waals surface area contributed by atoms with Crippen molar-refractivity contribution in [1.29, 1.82) is 0 Å². The standard InChI is InChI=1S/C35H52O6/c1-21(36)32(5)16-15-31(4)17-18-34(7)22(23(31)20-32)19-24(37)29-33(6)13-12-26(41-28(40)10-9-27(38)39)30(2,3)25(33)11-14-35(29,34)8/h19,23,25-26,29H,9-18,20H2,1-8H3,(H,38,39)/t23-,25?,26-,29+,31+,32?,33-,34+,35+/m0/s1. The van der Waals surface area contributed by atoms with E-state index in [-0.39, 0.29) is 80.8 Å². The summed E-state index contributed by atoms with van der Waals surface area (Å²) >= 11 is 0. The van der Waals surface area contributed by atoms with Gasteiger partial charge >= 0.3 is 11.9 Å². The quantitative estimate of drug-likeness (QED) is 0.349. The van der Waals surface area contributed by atoms with Crippen LogP contribution in [0.4, 0.5) is 0 Å². The van der Waals surface area contributed by atoms with Gasteiger partial charge in [0.2, 0.25) is 0 Å². The van der Waals surface area contributed by atoms with Gasteiger partial charge in [-0.1, -0.05) is 54.0 Å². The minimum absolute atomic E-state index is 0.0942. The number of carboxylic acid groups (broad SMARTS) is 1. The first-order valence-electron chi connectivity index (χ1n) is 16.0. The molecule has 0 aromatic carbocycles. The van der Waals surface area contributed by atoms with Gasteiger partial charge in [0.1, 0.15) is 11.9 Å². The highest BCUT2D eigenvalue weighted by Gasteiger charge is 2.70. The summed E-state index contributed by atoms with van der Waals surface area (Å²) in [6.07, 6.45) is 9.89. The van der Waals surface area contributed by atoms with E-state index in [0.29, 0.717) is 6.42 Å². The highest BCUT2D eigenvalue weighted by Crippen LogP contribution is 2.75. The Morgan fingerprint density at radius 1 is 0.902 bits per heavy atom. The third-order valence-corrected chi connectivity index (χ3v) is 14.2. The van der Waals surface area contributed by atoms with Crippen LogP contribution in [0.2, 0.25) is 0 Å². The molecule has 6 heteroatoms. The number of esters is 1. The van der Waals surface area contributed by atoms with Crippen molar-refractivity contribution in [3.63, 3.8) is 0 Å². The summed E-state index contributed by atoms with van der Waals surface area (Å²) in [5.74, 6) is -0.535. The summed E-state index contributed by atoms with van der Waals surface area (Å²) in [5, 5.41) is 8.99. The topological polar surface area (TPSA) is 97.7 Å². The average molecular weight is 569 g/mol. The van der Waals surface area contributed by atoms with E-state index in [1.165, 1.54) is 5.57 Å². The van der Waals surface area contributed by atoms with Crippen LogP contribution in [-0.4, -0.2) is 34.7 Å². The van der Waals surface area contributed by atoms with Crippen LogP contribution >= 0.6 is 0 Å². The van der Waals surface area contributed by atoms with Gasteiger partial charge in [-0.05, 0) is 104 Å². The predicted molar refractivity (Wildman–Crippen MR) is 157 cm³/mol. The molecule has 2 unspecified atom stereocenters. The van der Waals surface area contributed by atoms with Crippen molar-refractivity contribution < 1.29 is 29.0 Å². The minimum atomic E-state index is -0.997. The number of carbonyl (C=O) groups is 4. The Hall–Kier alpha value is -1.98. The Kier molecular flexibility index (Phi) is 7.07. The number of Topliss-reactive ketones (excluding diaryl/α,β-unsaturated/α-hetero) is 1. The van der Waals surface area contributed by atoms with Gasteiger partial charge in [0.15, 0.2) is 5.78 Å². The maximum absolute atomic E-state index is 14.5. The van der Waals surface area contributed by atoms with E-state index in [9.17, 15) is 19.2 Å². The van der Waals surface area contributed by atoms with E-state index in [4.69, 9.17) is 9.84 Å². The van der Waals surface area contributed by atoms with E-state index in [0.717, 1.165) is 51.4 Å². The van der Waals surface area contributed by atoms with E-state index in [1.807, 2.05) is 0 Å². The Morgan fingerprint density at radius 2 is 1.56 bits per heavy atom. The fourth-order valence-electron chi connectivity index (χ4n) is 11.1. The molecular weight excluding hydrogens is 516 g/mol. The molecule has 0 aromatic heterocycles. The third-order valence-electron chi connectivity index (χ3n) is 14.2. The van der Waals surface area contributed by atoms with Crippen LogP contribution in [0.3, 0.4) is 0 Å². The summed E-state index contributed by atoms with van der Waals surface area (Å²) in [6, 6.07) is 0. The van der Waals surface area contributed by atoms with Gasteiger partial charge in [-0.3, -0.25) is 19.2 Å². The first kappa shape index (κ1) is 30.5. The zero-order chi connectivity index (χ0) is 30.4. The molecule has 4 fully saturated rings. The Labute approximate surface area is 246 Å². The Bertz CT molecular complexity index is 1200.